The second-order valence-corrected chi connectivity index (χ2v) is 5.98. The lowest BCUT2D eigenvalue weighted by Gasteiger charge is -2.20. The Labute approximate surface area is 116 Å². The van der Waals surface area contributed by atoms with Crippen LogP contribution in [0.3, 0.4) is 0 Å². The van der Waals surface area contributed by atoms with Crippen LogP contribution in [0.1, 0.15) is 56.1 Å². The summed E-state index contributed by atoms with van der Waals surface area (Å²) in [6, 6.07) is 0.330. The maximum absolute atomic E-state index is 9.11. The molecule has 1 aliphatic rings. The molecule has 2 N–H and O–H groups in total. The zero-order valence-electron chi connectivity index (χ0n) is 12.7. The summed E-state index contributed by atoms with van der Waals surface area (Å²) in [5.74, 6) is 0. The fourth-order valence-electron chi connectivity index (χ4n) is 3.05. The van der Waals surface area contributed by atoms with Crippen molar-refractivity contribution < 1.29 is 5.11 Å². The van der Waals surface area contributed by atoms with Crippen molar-refractivity contribution in [1.82, 2.24) is 15.1 Å². The molecule has 0 saturated heterocycles. The molecule has 0 bridgehead atoms. The van der Waals surface area contributed by atoms with Crippen molar-refractivity contribution in [2.24, 2.45) is 5.41 Å². The number of hydrogen-bond acceptors (Lipinski definition) is 3. The van der Waals surface area contributed by atoms with Gasteiger partial charge in [0.25, 0.3) is 0 Å². The van der Waals surface area contributed by atoms with E-state index in [0.717, 1.165) is 25.2 Å². The highest BCUT2D eigenvalue weighted by atomic mass is 16.3. The first-order valence-electron chi connectivity index (χ1n) is 7.41. The molecule has 0 spiro atoms. The van der Waals surface area contributed by atoms with E-state index < -0.39 is 0 Å². The van der Waals surface area contributed by atoms with E-state index in [1.165, 1.54) is 24.1 Å². The molecule has 0 radical (unpaired) electrons. The van der Waals surface area contributed by atoms with Gasteiger partial charge in [-0.15, -0.1) is 0 Å². The second-order valence-electron chi connectivity index (χ2n) is 5.98. The molecule has 4 nitrogen and oxygen atoms in total. The summed E-state index contributed by atoms with van der Waals surface area (Å²) in [6.45, 7) is 10.8. The Balaban J connectivity index is 2.00. The molecule has 108 valence electrons. The van der Waals surface area contributed by atoms with Gasteiger partial charge in [0.2, 0.25) is 0 Å². The predicted octanol–water partition coefficient (Wildman–Crippen LogP) is 2.33. The fraction of sp³-hybridized carbons (Fsp3) is 0.800. The van der Waals surface area contributed by atoms with Crippen molar-refractivity contribution in [2.75, 3.05) is 13.2 Å². The molecule has 0 amide bonds. The van der Waals surface area contributed by atoms with Crippen molar-refractivity contribution in [3.63, 3.8) is 0 Å². The highest BCUT2D eigenvalue weighted by Crippen LogP contribution is 2.48. The van der Waals surface area contributed by atoms with Crippen molar-refractivity contribution in [1.29, 1.82) is 0 Å². The number of aryl methyl sites for hydroxylation is 2. The number of nitrogens with one attached hydrogen (secondary N) is 1. The summed E-state index contributed by atoms with van der Waals surface area (Å²) in [7, 11) is 0. The largest absolute Gasteiger partial charge is 0.396 e. The van der Waals surface area contributed by atoms with E-state index in [9.17, 15) is 0 Å². The molecule has 1 aromatic heterocycles. The maximum Gasteiger partial charge on any atom is 0.0644 e. The molecule has 2 rings (SSSR count). The van der Waals surface area contributed by atoms with Crippen molar-refractivity contribution in [3.05, 3.63) is 17.0 Å². The molecule has 4 heteroatoms. The van der Waals surface area contributed by atoms with Gasteiger partial charge in [-0.2, -0.15) is 5.10 Å². The molecule has 1 saturated carbocycles. The zero-order chi connectivity index (χ0) is 14.0. The topological polar surface area (TPSA) is 50.1 Å². The SMILES string of the molecule is CCn1nc(C)c(C(C)NCC2(CCO)CC2)c1C. The monoisotopic (exact) mass is 265 g/mol. The molecule has 1 heterocycles. The number of aliphatic hydroxyl groups is 1. The average Bonchev–Trinajstić information content (AvgIpc) is 3.07. The van der Waals surface area contributed by atoms with Gasteiger partial charge in [0, 0.05) is 37.0 Å². The standard InChI is InChI=1S/C15H27N3O/c1-5-18-13(4)14(12(3)17-18)11(2)16-10-15(6-7-15)8-9-19/h11,16,19H,5-10H2,1-4H3. The smallest absolute Gasteiger partial charge is 0.0644 e. The van der Waals surface area contributed by atoms with E-state index in [1.54, 1.807) is 0 Å². The Kier molecular flexibility index (Phi) is 4.31. The summed E-state index contributed by atoms with van der Waals surface area (Å²) >= 11 is 0. The van der Waals surface area contributed by atoms with Crippen LogP contribution in [0.15, 0.2) is 0 Å². The molecule has 1 aromatic rings. The van der Waals surface area contributed by atoms with E-state index in [2.05, 4.69) is 42.8 Å². The van der Waals surface area contributed by atoms with Gasteiger partial charge in [-0.25, -0.2) is 0 Å². The molecule has 0 aliphatic heterocycles. The van der Waals surface area contributed by atoms with Gasteiger partial charge in [-0.3, -0.25) is 4.68 Å². The third-order valence-corrected chi connectivity index (χ3v) is 4.55. The van der Waals surface area contributed by atoms with Crippen LogP contribution in [0.4, 0.5) is 0 Å². The quantitative estimate of drug-likeness (QED) is 0.795. The summed E-state index contributed by atoms with van der Waals surface area (Å²) in [4.78, 5) is 0. The molecule has 0 aromatic carbocycles. The lowest BCUT2D eigenvalue weighted by molar-refractivity contribution is 0.243. The number of aromatic nitrogens is 2. The van der Waals surface area contributed by atoms with Gasteiger partial charge in [0.15, 0.2) is 0 Å². The van der Waals surface area contributed by atoms with Crippen molar-refractivity contribution in [3.8, 4) is 0 Å². The third kappa shape index (κ3) is 3.00. The Morgan fingerprint density at radius 3 is 2.58 bits per heavy atom. The summed E-state index contributed by atoms with van der Waals surface area (Å²) in [5, 5.41) is 17.3. The number of hydrogen-bond donors (Lipinski definition) is 2. The summed E-state index contributed by atoms with van der Waals surface area (Å²) in [5.41, 5.74) is 4.10. The second kappa shape index (κ2) is 5.63. The zero-order valence-corrected chi connectivity index (χ0v) is 12.7. The molecular formula is C15H27N3O. The Bertz CT molecular complexity index is 435. The van der Waals surface area contributed by atoms with Crippen LogP contribution in [0.25, 0.3) is 0 Å². The first-order chi connectivity index (χ1) is 9.03. The van der Waals surface area contributed by atoms with E-state index in [0.29, 0.717) is 18.1 Å². The highest BCUT2D eigenvalue weighted by molar-refractivity contribution is 5.27. The van der Waals surface area contributed by atoms with Gasteiger partial charge in [-0.05, 0) is 52.4 Å². The van der Waals surface area contributed by atoms with Crippen LogP contribution in [-0.2, 0) is 6.54 Å². The first kappa shape index (κ1) is 14.5. The number of rotatable bonds is 7. The Morgan fingerprint density at radius 2 is 2.11 bits per heavy atom. The Hall–Kier alpha value is -0.870. The number of aliphatic hydroxyl groups excluding tert-OH is 1. The van der Waals surface area contributed by atoms with Crippen LogP contribution in [0.5, 0.6) is 0 Å². The van der Waals surface area contributed by atoms with Crippen molar-refractivity contribution in [2.45, 2.75) is 59.5 Å². The highest BCUT2D eigenvalue weighted by Gasteiger charge is 2.41. The van der Waals surface area contributed by atoms with E-state index in [4.69, 9.17) is 5.11 Å². The Morgan fingerprint density at radius 1 is 1.42 bits per heavy atom. The fourth-order valence-corrected chi connectivity index (χ4v) is 3.05. The van der Waals surface area contributed by atoms with Crippen LogP contribution < -0.4 is 5.32 Å². The lowest BCUT2D eigenvalue weighted by atomic mass is 10.0. The molecular weight excluding hydrogens is 238 g/mol. The molecule has 1 aliphatic carbocycles. The van der Waals surface area contributed by atoms with Gasteiger partial charge < -0.3 is 10.4 Å². The van der Waals surface area contributed by atoms with E-state index in [1.807, 2.05) is 0 Å². The van der Waals surface area contributed by atoms with Crippen LogP contribution >= 0.6 is 0 Å². The van der Waals surface area contributed by atoms with E-state index >= 15 is 0 Å². The maximum atomic E-state index is 9.11. The minimum absolute atomic E-state index is 0.307. The first-order valence-corrected chi connectivity index (χ1v) is 7.41. The minimum Gasteiger partial charge on any atom is -0.396 e. The normalized spacial score (nSPS) is 18.6. The third-order valence-electron chi connectivity index (χ3n) is 4.55. The molecule has 1 unspecified atom stereocenters. The van der Waals surface area contributed by atoms with Gasteiger partial charge in [0.05, 0.1) is 5.69 Å². The predicted molar refractivity (Wildman–Crippen MR) is 77.2 cm³/mol. The summed E-state index contributed by atoms with van der Waals surface area (Å²) < 4.78 is 2.07. The number of nitrogens with zero attached hydrogens (tertiary/aromatic N) is 2. The minimum atomic E-state index is 0.307. The van der Waals surface area contributed by atoms with Crippen molar-refractivity contribution >= 4 is 0 Å². The summed E-state index contributed by atoms with van der Waals surface area (Å²) in [6.07, 6.45) is 3.43. The van der Waals surface area contributed by atoms with Crippen LogP contribution in [0, 0.1) is 19.3 Å². The average molecular weight is 265 g/mol. The lowest BCUT2D eigenvalue weighted by Crippen LogP contribution is -2.28. The van der Waals surface area contributed by atoms with Gasteiger partial charge in [-0.1, -0.05) is 0 Å². The van der Waals surface area contributed by atoms with Crippen LogP contribution in [0.2, 0.25) is 0 Å². The molecule has 19 heavy (non-hydrogen) atoms. The van der Waals surface area contributed by atoms with Gasteiger partial charge in [0.1, 0.15) is 0 Å². The molecule has 1 fully saturated rings. The molecule has 1 atom stereocenters. The van der Waals surface area contributed by atoms with E-state index in [-0.39, 0.29) is 0 Å². The van der Waals surface area contributed by atoms with Crippen LogP contribution in [-0.4, -0.2) is 28.0 Å². The van der Waals surface area contributed by atoms with Gasteiger partial charge >= 0.3 is 0 Å².